The van der Waals surface area contributed by atoms with E-state index in [4.69, 9.17) is 10.5 Å². The molecule has 0 saturated carbocycles. The molecule has 2 aromatic carbocycles. The highest BCUT2D eigenvalue weighted by Gasteiger charge is 2.05. The molecule has 0 aromatic heterocycles. The van der Waals surface area contributed by atoms with E-state index in [-0.39, 0.29) is 5.91 Å². The van der Waals surface area contributed by atoms with Gasteiger partial charge in [0, 0.05) is 18.7 Å². The van der Waals surface area contributed by atoms with Crippen molar-refractivity contribution in [2.24, 2.45) is 0 Å². The maximum atomic E-state index is 11.1. The van der Waals surface area contributed by atoms with E-state index in [2.05, 4.69) is 15.4 Å². The summed E-state index contributed by atoms with van der Waals surface area (Å²) in [7, 11) is 1.29. The Hall–Kier alpha value is -3.22. The minimum Gasteiger partial charge on any atom is -0.457 e. The van der Waals surface area contributed by atoms with Gasteiger partial charge in [0.15, 0.2) is 0 Å². The zero-order chi connectivity index (χ0) is 16.8. The van der Waals surface area contributed by atoms with Gasteiger partial charge < -0.3 is 20.5 Å². The Morgan fingerprint density at radius 3 is 2.22 bits per heavy atom. The molecule has 0 fully saturated rings. The minimum absolute atomic E-state index is 0.195. The van der Waals surface area contributed by atoms with E-state index in [0.717, 1.165) is 0 Å². The molecule has 0 heterocycles. The van der Waals surface area contributed by atoms with Crippen LogP contribution in [-0.2, 0) is 9.53 Å². The van der Waals surface area contributed by atoms with Crippen LogP contribution in [0.25, 0.3) is 0 Å². The molecule has 2 rings (SSSR count). The van der Waals surface area contributed by atoms with E-state index in [9.17, 15) is 9.59 Å². The van der Waals surface area contributed by atoms with Crippen molar-refractivity contribution in [2.75, 3.05) is 23.5 Å². The lowest BCUT2D eigenvalue weighted by Gasteiger charge is -2.10. The van der Waals surface area contributed by atoms with Crippen LogP contribution in [0.3, 0.4) is 0 Å². The number of hydrogen-bond acceptors (Lipinski definition) is 5. The summed E-state index contributed by atoms with van der Waals surface area (Å²) in [6, 6.07) is 11.7. The summed E-state index contributed by atoms with van der Waals surface area (Å²) in [6.07, 6.45) is -0.542. The summed E-state index contributed by atoms with van der Waals surface area (Å²) < 4.78 is 10.2. The highest BCUT2D eigenvalue weighted by molar-refractivity contribution is 5.92. The molecule has 0 bridgehead atoms. The van der Waals surface area contributed by atoms with Crippen molar-refractivity contribution >= 4 is 29.1 Å². The van der Waals surface area contributed by atoms with Crippen LogP contribution in [0.1, 0.15) is 6.92 Å². The van der Waals surface area contributed by atoms with E-state index >= 15 is 0 Å². The topological polar surface area (TPSA) is 103 Å². The van der Waals surface area contributed by atoms with E-state index in [1.807, 2.05) is 0 Å². The van der Waals surface area contributed by atoms with E-state index in [1.54, 1.807) is 42.5 Å². The largest absolute Gasteiger partial charge is 0.457 e. The van der Waals surface area contributed by atoms with Gasteiger partial charge in [0.05, 0.1) is 18.5 Å². The Kier molecular flexibility index (Phi) is 5.03. The summed E-state index contributed by atoms with van der Waals surface area (Å²) >= 11 is 0. The van der Waals surface area contributed by atoms with Crippen LogP contribution in [-0.4, -0.2) is 19.1 Å². The first kappa shape index (κ1) is 16.2. The fourth-order valence-electron chi connectivity index (χ4n) is 1.82. The van der Waals surface area contributed by atoms with Crippen LogP contribution < -0.4 is 21.1 Å². The van der Waals surface area contributed by atoms with Crippen LogP contribution in [0.15, 0.2) is 42.5 Å². The number of nitrogen functional groups attached to an aromatic ring is 1. The van der Waals surface area contributed by atoms with E-state index in [1.165, 1.54) is 14.0 Å². The fraction of sp³-hybridized carbons (Fsp3) is 0.125. The summed E-state index contributed by atoms with van der Waals surface area (Å²) in [4.78, 5) is 22.1. The third-order valence-corrected chi connectivity index (χ3v) is 2.86. The first-order chi connectivity index (χ1) is 11.0. The third-order valence-electron chi connectivity index (χ3n) is 2.86. The van der Waals surface area contributed by atoms with Gasteiger partial charge in [-0.1, -0.05) is 0 Å². The van der Waals surface area contributed by atoms with Crippen molar-refractivity contribution in [1.82, 2.24) is 0 Å². The molecule has 0 spiro atoms. The van der Waals surface area contributed by atoms with Gasteiger partial charge in [0.1, 0.15) is 11.5 Å². The Morgan fingerprint density at radius 2 is 1.65 bits per heavy atom. The molecule has 4 N–H and O–H groups in total. The van der Waals surface area contributed by atoms with Gasteiger partial charge in [0.25, 0.3) is 0 Å². The maximum Gasteiger partial charge on any atom is 0.411 e. The van der Waals surface area contributed by atoms with Crippen molar-refractivity contribution in [3.63, 3.8) is 0 Å². The standard InChI is InChI=1S/C16H17N3O4/c1-10(20)18-15-8-7-13(9-14(15)17)23-12-5-3-11(4-6-12)19-16(21)22-2/h3-9H,17H2,1-2H3,(H,18,20)(H,19,21). The van der Waals surface area contributed by atoms with Gasteiger partial charge in [-0.3, -0.25) is 10.1 Å². The molecule has 7 heteroatoms. The molecular weight excluding hydrogens is 298 g/mol. The molecule has 0 aliphatic rings. The normalized spacial score (nSPS) is 9.83. The number of amides is 2. The molecule has 0 aliphatic heterocycles. The van der Waals surface area contributed by atoms with Crippen molar-refractivity contribution in [2.45, 2.75) is 6.92 Å². The molecular formula is C16H17N3O4. The summed E-state index contributed by atoms with van der Waals surface area (Å²) in [5.74, 6) is 0.913. The number of ether oxygens (including phenoxy) is 2. The number of carbonyl (C=O) groups excluding carboxylic acids is 2. The van der Waals surface area contributed by atoms with Crippen molar-refractivity contribution < 1.29 is 19.1 Å². The molecule has 2 amide bonds. The Morgan fingerprint density at radius 1 is 1.00 bits per heavy atom. The van der Waals surface area contributed by atoms with Gasteiger partial charge in [-0.2, -0.15) is 0 Å². The first-order valence-corrected chi connectivity index (χ1v) is 6.78. The van der Waals surface area contributed by atoms with Gasteiger partial charge in [-0.25, -0.2) is 4.79 Å². The second-order valence-electron chi connectivity index (χ2n) is 4.67. The average Bonchev–Trinajstić information content (AvgIpc) is 2.51. The lowest BCUT2D eigenvalue weighted by atomic mass is 10.2. The number of methoxy groups -OCH3 is 1. The predicted octanol–water partition coefficient (Wildman–Crippen LogP) is 3.20. The predicted molar refractivity (Wildman–Crippen MR) is 87.7 cm³/mol. The molecule has 0 radical (unpaired) electrons. The SMILES string of the molecule is COC(=O)Nc1ccc(Oc2ccc(NC(C)=O)c(N)c2)cc1. The average molecular weight is 315 g/mol. The Labute approximate surface area is 133 Å². The lowest BCUT2D eigenvalue weighted by Crippen LogP contribution is -2.10. The van der Waals surface area contributed by atoms with Crippen LogP contribution in [0.5, 0.6) is 11.5 Å². The second-order valence-corrected chi connectivity index (χ2v) is 4.67. The molecule has 2 aromatic rings. The highest BCUT2D eigenvalue weighted by Crippen LogP contribution is 2.28. The molecule has 120 valence electrons. The van der Waals surface area contributed by atoms with E-state index < -0.39 is 6.09 Å². The Bertz CT molecular complexity index is 714. The fourth-order valence-corrected chi connectivity index (χ4v) is 1.82. The van der Waals surface area contributed by atoms with Crippen molar-refractivity contribution in [1.29, 1.82) is 0 Å². The monoisotopic (exact) mass is 315 g/mol. The van der Waals surface area contributed by atoms with Crippen molar-refractivity contribution in [3.8, 4) is 11.5 Å². The minimum atomic E-state index is -0.542. The first-order valence-electron chi connectivity index (χ1n) is 6.78. The maximum absolute atomic E-state index is 11.1. The summed E-state index contributed by atoms with van der Waals surface area (Å²) in [5, 5.41) is 5.16. The Balaban J connectivity index is 2.05. The third kappa shape index (κ3) is 4.63. The smallest absolute Gasteiger partial charge is 0.411 e. The lowest BCUT2D eigenvalue weighted by molar-refractivity contribution is -0.114. The van der Waals surface area contributed by atoms with Crippen molar-refractivity contribution in [3.05, 3.63) is 42.5 Å². The number of rotatable bonds is 4. The van der Waals surface area contributed by atoms with Gasteiger partial charge in [-0.15, -0.1) is 0 Å². The number of carbonyl (C=O) groups is 2. The van der Waals surface area contributed by atoms with Crippen LogP contribution in [0.2, 0.25) is 0 Å². The van der Waals surface area contributed by atoms with E-state index in [0.29, 0.717) is 28.6 Å². The molecule has 7 nitrogen and oxygen atoms in total. The zero-order valence-corrected chi connectivity index (χ0v) is 12.8. The van der Waals surface area contributed by atoms with Crippen LogP contribution >= 0.6 is 0 Å². The van der Waals surface area contributed by atoms with Crippen LogP contribution in [0, 0.1) is 0 Å². The number of benzene rings is 2. The summed E-state index contributed by atoms with van der Waals surface area (Å²) in [6.45, 7) is 1.41. The van der Waals surface area contributed by atoms with Gasteiger partial charge >= 0.3 is 6.09 Å². The number of nitrogens with two attached hydrogens (primary N) is 1. The number of nitrogens with one attached hydrogen (secondary N) is 2. The zero-order valence-electron chi connectivity index (χ0n) is 12.8. The molecule has 0 unspecified atom stereocenters. The van der Waals surface area contributed by atoms with Gasteiger partial charge in [-0.05, 0) is 36.4 Å². The van der Waals surface area contributed by atoms with Gasteiger partial charge in [0.2, 0.25) is 5.91 Å². The summed E-state index contributed by atoms with van der Waals surface area (Å²) in [5.41, 5.74) is 7.38. The van der Waals surface area contributed by atoms with Crippen LogP contribution in [0.4, 0.5) is 21.9 Å². The number of hydrogen-bond donors (Lipinski definition) is 3. The molecule has 0 atom stereocenters. The quantitative estimate of drug-likeness (QED) is 0.752. The number of anilines is 3. The second kappa shape index (κ2) is 7.17. The molecule has 23 heavy (non-hydrogen) atoms. The highest BCUT2D eigenvalue weighted by atomic mass is 16.5. The molecule has 0 aliphatic carbocycles. The molecule has 0 saturated heterocycles.